The number of thioether (sulfide) groups is 1. The van der Waals surface area contributed by atoms with Crippen LogP contribution >= 0.6 is 27.7 Å². The van der Waals surface area contributed by atoms with E-state index in [1.165, 1.54) is 10.5 Å². The van der Waals surface area contributed by atoms with Crippen molar-refractivity contribution in [3.05, 3.63) is 60.4 Å². The highest BCUT2D eigenvalue weighted by Gasteiger charge is 1.97. The molecule has 2 rings (SSSR count). The normalized spacial score (nSPS) is 9.50. The third kappa shape index (κ3) is 5.69. The predicted molar refractivity (Wildman–Crippen MR) is 83.3 cm³/mol. The molecule has 1 aromatic heterocycles. The average molecular weight is 325 g/mol. The van der Waals surface area contributed by atoms with Crippen LogP contribution in [0.4, 0.5) is 0 Å². The van der Waals surface area contributed by atoms with E-state index in [1.54, 1.807) is 0 Å². The maximum absolute atomic E-state index is 2.94. The van der Waals surface area contributed by atoms with E-state index < -0.39 is 0 Å². The molecule has 0 saturated heterocycles. The molecule has 18 heavy (non-hydrogen) atoms. The monoisotopic (exact) mass is 324 g/mol. The second-order valence-electron chi connectivity index (χ2n) is 3.78. The summed E-state index contributed by atoms with van der Waals surface area (Å²) in [7, 11) is 2.04. The highest BCUT2D eigenvalue weighted by atomic mass is 79.9. The van der Waals surface area contributed by atoms with Gasteiger partial charge in [0.15, 0.2) is 12.4 Å². The van der Waals surface area contributed by atoms with E-state index in [4.69, 9.17) is 0 Å². The molecule has 0 amide bonds. The van der Waals surface area contributed by atoms with Gasteiger partial charge in [0, 0.05) is 22.8 Å². The Kier molecular flexibility index (Phi) is 7.78. The smallest absolute Gasteiger partial charge is 0.168 e. The molecule has 1 heterocycles. The molecule has 0 fully saturated rings. The van der Waals surface area contributed by atoms with Crippen LogP contribution in [0.25, 0.3) is 0 Å². The lowest BCUT2D eigenvalue weighted by Gasteiger charge is -2.01. The number of hydrogen-bond donors (Lipinski definition) is 0. The molecule has 0 atom stereocenters. The highest BCUT2D eigenvalue weighted by Crippen LogP contribution is 2.17. The molecule has 0 aliphatic rings. The summed E-state index contributed by atoms with van der Waals surface area (Å²) in [6.45, 7) is 0. The lowest BCUT2D eigenvalue weighted by atomic mass is 10.2. The fraction of sp³-hybridized carbons (Fsp3) is 0.267. The molecule has 0 aliphatic heterocycles. The number of alkyl halides is 1. The summed E-state index contributed by atoms with van der Waals surface area (Å²) < 4.78 is 2.06. The maximum atomic E-state index is 2.94. The predicted octanol–water partition coefficient (Wildman–Crippen LogP) is 3.86. The van der Waals surface area contributed by atoms with Crippen molar-refractivity contribution in [1.82, 2.24) is 0 Å². The molecule has 0 spiro atoms. The lowest BCUT2D eigenvalue weighted by molar-refractivity contribution is -0.671. The van der Waals surface area contributed by atoms with E-state index in [0.717, 1.165) is 12.2 Å². The van der Waals surface area contributed by atoms with E-state index in [9.17, 15) is 0 Å². The molecule has 0 saturated carbocycles. The van der Waals surface area contributed by atoms with E-state index in [-0.39, 0.29) is 0 Å². The minimum atomic E-state index is 1.13. The summed E-state index contributed by atoms with van der Waals surface area (Å²) in [5.74, 6) is 2.95. The molecule has 0 bridgehead atoms. The largest absolute Gasteiger partial charge is 0.208 e. The van der Waals surface area contributed by atoms with Gasteiger partial charge in [-0.25, -0.2) is 4.57 Å². The Morgan fingerprint density at radius 3 is 2.22 bits per heavy atom. The van der Waals surface area contributed by atoms with Gasteiger partial charge in [-0.1, -0.05) is 34.1 Å². The van der Waals surface area contributed by atoms with Crippen LogP contribution in [0.3, 0.4) is 0 Å². The molecule has 2 aromatic rings. The standard InChI is InChI=1S/C14H16NS.CH3Br/c1-15-10-7-13(8-11-15)9-12-16-14-5-3-2-4-6-14;1-2/h2-8,10-11H,9,12H2,1H3;1H3/q+1;. The Hall–Kier alpha value is -0.800. The van der Waals surface area contributed by atoms with Crippen LogP contribution in [0.5, 0.6) is 0 Å². The average Bonchev–Trinajstić information content (AvgIpc) is 2.44. The van der Waals surface area contributed by atoms with Gasteiger partial charge >= 0.3 is 0 Å². The van der Waals surface area contributed by atoms with Crippen LogP contribution < -0.4 is 4.57 Å². The summed E-state index contributed by atoms with van der Waals surface area (Å²) in [5, 5.41) is 0. The van der Waals surface area contributed by atoms with Crippen molar-refractivity contribution < 1.29 is 4.57 Å². The van der Waals surface area contributed by atoms with Crippen molar-refractivity contribution in [2.75, 3.05) is 11.6 Å². The van der Waals surface area contributed by atoms with Crippen LogP contribution in [-0.4, -0.2) is 11.6 Å². The Labute approximate surface area is 122 Å². The van der Waals surface area contributed by atoms with Crippen LogP contribution in [0.1, 0.15) is 5.56 Å². The Morgan fingerprint density at radius 1 is 1.00 bits per heavy atom. The van der Waals surface area contributed by atoms with E-state index in [1.807, 2.05) is 24.6 Å². The molecule has 0 unspecified atom stereocenters. The molecule has 0 aliphatic carbocycles. The number of hydrogen-bond acceptors (Lipinski definition) is 1. The van der Waals surface area contributed by atoms with Gasteiger partial charge in [-0.2, -0.15) is 0 Å². The Balaban J connectivity index is 0.000000771. The molecular formula is C15H19BrNS+. The summed E-state index contributed by atoms with van der Waals surface area (Å²) in [4.78, 5) is 1.35. The van der Waals surface area contributed by atoms with Gasteiger partial charge < -0.3 is 0 Å². The minimum absolute atomic E-state index is 1.13. The molecular weight excluding hydrogens is 306 g/mol. The third-order valence-corrected chi connectivity index (χ3v) is 3.46. The minimum Gasteiger partial charge on any atom is -0.208 e. The van der Waals surface area contributed by atoms with Gasteiger partial charge in [0.25, 0.3) is 0 Å². The summed E-state index contributed by atoms with van der Waals surface area (Å²) in [6.07, 6.45) is 5.32. The van der Waals surface area contributed by atoms with Gasteiger partial charge in [-0.05, 0) is 30.0 Å². The fourth-order valence-electron chi connectivity index (χ4n) is 1.50. The number of rotatable bonds is 4. The van der Waals surface area contributed by atoms with Gasteiger partial charge in [0.2, 0.25) is 0 Å². The number of pyridine rings is 1. The van der Waals surface area contributed by atoms with Crippen molar-refractivity contribution in [2.24, 2.45) is 7.05 Å². The number of aromatic nitrogens is 1. The first-order valence-corrected chi connectivity index (χ1v) is 8.41. The number of benzene rings is 1. The maximum Gasteiger partial charge on any atom is 0.168 e. The van der Waals surface area contributed by atoms with Gasteiger partial charge in [0.05, 0.1) is 0 Å². The molecule has 3 heteroatoms. The Morgan fingerprint density at radius 2 is 1.61 bits per heavy atom. The second kappa shape index (κ2) is 9.17. The van der Waals surface area contributed by atoms with Crippen molar-refractivity contribution in [3.8, 4) is 0 Å². The van der Waals surface area contributed by atoms with E-state index >= 15 is 0 Å². The van der Waals surface area contributed by atoms with Crippen LogP contribution in [0.15, 0.2) is 59.8 Å². The highest BCUT2D eigenvalue weighted by molar-refractivity contribution is 9.08. The summed E-state index contributed by atoms with van der Waals surface area (Å²) in [5.41, 5.74) is 1.40. The van der Waals surface area contributed by atoms with Crippen LogP contribution in [0, 0.1) is 0 Å². The molecule has 1 aromatic carbocycles. The summed E-state index contributed by atoms with van der Waals surface area (Å²) in [6, 6.07) is 14.9. The van der Waals surface area contributed by atoms with Gasteiger partial charge in [-0.3, -0.25) is 0 Å². The number of aryl methyl sites for hydroxylation is 2. The molecule has 1 nitrogen and oxygen atoms in total. The molecule has 0 radical (unpaired) electrons. The SMILES string of the molecule is CBr.C[n+]1ccc(CCSc2ccccc2)cc1. The second-order valence-corrected chi connectivity index (χ2v) is 4.95. The van der Waals surface area contributed by atoms with Gasteiger partial charge in [0.1, 0.15) is 7.05 Å². The van der Waals surface area contributed by atoms with E-state index in [2.05, 4.69) is 75.4 Å². The first-order chi connectivity index (χ1) is 8.84. The zero-order valence-electron chi connectivity index (χ0n) is 10.8. The zero-order valence-corrected chi connectivity index (χ0v) is 13.2. The van der Waals surface area contributed by atoms with E-state index in [0.29, 0.717) is 0 Å². The van der Waals surface area contributed by atoms with Crippen molar-refractivity contribution >= 4 is 27.7 Å². The molecule has 96 valence electrons. The van der Waals surface area contributed by atoms with Crippen LogP contribution in [0.2, 0.25) is 0 Å². The van der Waals surface area contributed by atoms with Gasteiger partial charge in [-0.15, -0.1) is 11.8 Å². The summed E-state index contributed by atoms with van der Waals surface area (Å²) >= 11 is 4.85. The first-order valence-electron chi connectivity index (χ1n) is 5.84. The van der Waals surface area contributed by atoms with Crippen molar-refractivity contribution in [1.29, 1.82) is 0 Å². The zero-order chi connectivity index (χ0) is 13.2. The number of halogens is 1. The molecule has 0 N–H and O–H groups in total. The van der Waals surface area contributed by atoms with Crippen molar-refractivity contribution in [2.45, 2.75) is 11.3 Å². The fourth-order valence-corrected chi connectivity index (χ4v) is 2.43. The topological polar surface area (TPSA) is 3.88 Å². The first kappa shape index (κ1) is 15.3. The Bertz CT molecular complexity index is 428. The third-order valence-electron chi connectivity index (χ3n) is 2.45. The van der Waals surface area contributed by atoms with Crippen molar-refractivity contribution in [3.63, 3.8) is 0 Å². The quantitative estimate of drug-likeness (QED) is 0.469. The van der Waals surface area contributed by atoms with Crippen LogP contribution in [-0.2, 0) is 13.5 Å². The lowest BCUT2D eigenvalue weighted by Crippen LogP contribution is -2.25. The number of nitrogens with zero attached hydrogens (tertiary/aromatic N) is 1.